The zero-order valence-electron chi connectivity index (χ0n) is 25.4. The Balaban J connectivity index is 1.33. The Kier molecular flexibility index (Phi) is 12.8. The summed E-state index contributed by atoms with van der Waals surface area (Å²) in [6.45, 7) is 4.96. The first-order valence-electron chi connectivity index (χ1n) is 16.1. The fourth-order valence-electron chi connectivity index (χ4n) is 6.05. The van der Waals surface area contributed by atoms with E-state index in [0.717, 1.165) is 50.5 Å². The molecule has 42 heavy (non-hydrogen) atoms. The Morgan fingerprint density at radius 2 is 1.43 bits per heavy atom. The summed E-state index contributed by atoms with van der Waals surface area (Å²) >= 11 is 0. The van der Waals surface area contributed by atoms with Gasteiger partial charge in [-0.3, -0.25) is 0 Å². The van der Waals surface area contributed by atoms with Crippen LogP contribution >= 0.6 is 0 Å². The summed E-state index contributed by atoms with van der Waals surface area (Å²) in [7, 11) is 0. The van der Waals surface area contributed by atoms with E-state index in [1.54, 1.807) is 48.5 Å². The molecular weight excluding hydrogens is 529 g/mol. The molecule has 3 aromatic rings. The Morgan fingerprint density at radius 1 is 0.762 bits per heavy atom. The van der Waals surface area contributed by atoms with Gasteiger partial charge in [0.05, 0.1) is 12.7 Å². The van der Waals surface area contributed by atoms with Gasteiger partial charge in [0.2, 0.25) is 0 Å². The predicted octanol–water partition coefficient (Wildman–Crippen LogP) is 11.9. The average Bonchev–Trinajstić information content (AvgIpc) is 3.01. The van der Waals surface area contributed by atoms with Crippen LogP contribution in [0.5, 0.6) is 0 Å². The molecule has 0 saturated carbocycles. The van der Waals surface area contributed by atoms with Gasteiger partial charge in [0, 0.05) is 11.1 Å². The summed E-state index contributed by atoms with van der Waals surface area (Å²) < 4.78 is 51.3. The van der Waals surface area contributed by atoms with Crippen LogP contribution in [0.15, 0.2) is 66.7 Å². The Morgan fingerprint density at radius 3 is 2.07 bits per heavy atom. The number of benzene rings is 3. The van der Waals surface area contributed by atoms with Crippen LogP contribution in [0.1, 0.15) is 108 Å². The van der Waals surface area contributed by atoms with E-state index in [1.807, 2.05) is 13.0 Å². The quantitative estimate of drug-likeness (QED) is 0.129. The summed E-state index contributed by atoms with van der Waals surface area (Å²) in [6, 6.07) is 15.7. The summed E-state index contributed by atoms with van der Waals surface area (Å²) in [5.74, 6) is -1.31. The summed E-state index contributed by atoms with van der Waals surface area (Å²) in [5.41, 5.74) is 3.29. The molecule has 4 heteroatoms. The maximum Gasteiger partial charge on any atom is 0.166 e. The second kappa shape index (κ2) is 16.7. The van der Waals surface area contributed by atoms with Crippen molar-refractivity contribution in [3.8, 4) is 22.3 Å². The first kappa shape index (κ1) is 32.1. The fraction of sp³-hybridized carbons (Fsp3) is 0.474. The highest BCUT2D eigenvalue weighted by Crippen LogP contribution is 2.35. The van der Waals surface area contributed by atoms with Crippen molar-refractivity contribution < 1.29 is 17.9 Å². The monoisotopic (exact) mass is 576 g/mol. The maximum absolute atomic E-state index is 15.2. The van der Waals surface area contributed by atoms with Crippen molar-refractivity contribution in [2.75, 3.05) is 6.61 Å². The first-order chi connectivity index (χ1) is 20.5. The highest BCUT2D eigenvalue weighted by atomic mass is 19.2. The molecule has 0 aliphatic carbocycles. The van der Waals surface area contributed by atoms with E-state index in [0.29, 0.717) is 41.2 Å². The van der Waals surface area contributed by atoms with Gasteiger partial charge in [0.15, 0.2) is 11.6 Å². The van der Waals surface area contributed by atoms with Gasteiger partial charge in [-0.2, -0.15) is 0 Å². The zero-order valence-corrected chi connectivity index (χ0v) is 25.4. The molecule has 0 bridgehead atoms. The number of allylic oxidation sites excluding steroid dienone is 2. The van der Waals surface area contributed by atoms with Gasteiger partial charge in [-0.25, -0.2) is 13.2 Å². The smallest absolute Gasteiger partial charge is 0.166 e. The SMILES string of the molecule is C/C=C/CCC1CCC(c2ccc(-c3ccc(-c4ccc(CCCCCCCCCC)c(F)c4F)cc3)c(F)c2)OC1. The van der Waals surface area contributed by atoms with Gasteiger partial charge in [0.25, 0.3) is 0 Å². The molecular formula is C38H47F3O. The number of hydrogen-bond donors (Lipinski definition) is 0. The van der Waals surface area contributed by atoms with Crippen molar-refractivity contribution in [3.05, 3.63) is 95.3 Å². The average molecular weight is 577 g/mol. The van der Waals surface area contributed by atoms with Gasteiger partial charge in [0.1, 0.15) is 5.82 Å². The number of halogens is 3. The molecule has 3 aromatic carbocycles. The van der Waals surface area contributed by atoms with E-state index in [2.05, 4.69) is 19.1 Å². The van der Waals surface area contributed by atoms with Crippen molar-refractivity contribution >= 4 is 0 Å². The van der Waals surface area contributed by atoms with E-state index < -0.39 is 11.6 Å². The standard InChI is InChI=1S/C38H47F3O/c1-3-5-7-8-9-10-11-13-15-31-21-24-34(38(41)37(31)40)30-19-17-29(18-20-30)33-23-22-32(26-35(33)39)36-25-16-28(27-42-36)14-12-6-4-2/h4,6,17-24,26,28,36H,3,5,7-16,25,27H2,1-2H3/b6-4+. The lowest BCUT2D eigenvalue weighted by atomic mass is 9.90. The highest BCUT2D eigenvalue weighted by molar-refractivity contribution is 5.71. The molecule has 4 rings (SSSR count). The van der Waals surface area contributed by atoms with Crippen LogP contribution in [0, 0.1) is 23.4 Å². The number of aryl methyl sites for hydroxylation is 1. The molecule has 0 N–H and O–H groups in total. The van der Waals surface area contributed by atoms with E-state index >= 15 is 8.78 Å². The van der Waals surface area contributed by atoms with Gasteiger partial charge in [-0.05, 0) is 79.7 Å². The third-order valence-corrected chi connectivity index (χ3v) is 8.68. The second-order valence-electron chi connectivity index (χ2n) is 11.9. The number of unbranched alkanes of at least 4 members (excludes halogenated alkanes) is 7. The molecule has 1 fully saturated rings. The number of ether oxygens (including phenoxy) is 1. The lowest BCUT2D eigenvalue weighted by molar-refractivity contribution is -0.0191. The van der Waals surface area contributed by atoms with Crippen LogP contribution in [0.2, 0.25) is 0 Å². The summed E-state index contributed by atoms with van der Waals surface area (Å²) in [6.07, 6.45) is 18.3. The predicted molar refractivity (Wildman–Crippen MR) is 169 cm³/mol. The zero-order chi connectivity index (χ0) is 29.7. The van der Waals surface area contributed by atoms with Crippen molar-refractivity contribution in [2.24, 2.45) is 5.92 Å². The van der Waals surface area contributed by atoms with Crippen LogP contribution in [0.3, 0.4) is 0 Å². The topological polar surface area (TPSA) is 9.23 Å². The van der Waals surface area contributed by atoms with E-state index in [-0.39, 0.29) is 17.5 Å². The Bertz CT molecular complexity index is 1270. The molecule has 0 radical (unpaired) electrons. The van der Waals surface area contributed by atoms with Crippen LogP contribution in [-0.2, 0) is 11.2 Å². The molecule has 2 unspecified atom stereocenters. The fourth-order valence-corrected chi connectivity index (χ4v) is 6.05. The van der Waals surface area contributed by atoms with Crippen LogP contribution in [0.4, 0.5) is 13.2 Å². The molecule has 0 amide bonds. The lowest BCUT2D eigenvalue weighted by Crippen LogP contribution is -2.20. The van der Waals surface area contributed by atoms with Crippen molar-refractivity contribution in [1.29, 1.82) is 0 Å². The molecule has 0 spiro atoms. The molecule has 226 valence electrons. The molecule has 1 nitrogen and oxygen atoms in total. The third-order valence-electron chi connectivity index (χ3n) is 8.68. The maximum atomic E-state index is 15.2. The van der Waals surface area contributed by atoms with Crippen molar-refractivity contribution in [3.63, 3.8) is 0 Å². The van der Waals surface area contributed by atoms with Gasteiger partial charge in [-0.1, -0.05) is 113 Å². The largest absolute Gasteiger partial charge is 0.373 e. The van der Waals surface area contributed by atoms with Crippen LogP contribution < -0.4 is 0 Å². The lowest BCUT2D eigenvalue weighted by Gasteiger charge is -2.29. The summed E-state index contributed by atoms with van der Waals surface area (Å²) in [5, 5.41) is 0. The van der Waals surface area contributed by atoms with Gasteiger partial charge < -0.3 is 4.74 Å². The Labute approximate surface area is 251 Å². The molecule has 0 aromatic heterocycles. The minimum Gasteiger partial charge on any atom is -0.373 e. The van der Waals surface area contributed by atoms with E-state index in [9.17, 15) is 4.39 Å². The third kappa shape index (κ3) is 8.83. The normalized spacial score (nSPS) is 17.3. The minimum absolute atomic E-state index is 0.0784. The van der Waals surface area contributed by atoms with Gasteiger partial charge in [-0.15, -0.1) is 0 Å². The first-order valence-corrected chi connectivity index (χ1v) is 16.1. The Hall–Kier alpha value is -2.85. The molecule has 1 aliphatic heterocycles. The number of rotatable bonds is 15. The van der Waals surface area contributed by atoms with Crippen molar-refractivity contribution in [1.82, 2.24) is 0 Å². The second-order valence-corrected chi connectivity index (χ2v) is 11.9. The molecule has 1 aliphatic rings. The number of hydrogen-bond acceptors (Lipinski definition) is 1. The van der Waals surface area contributed by atoms with Crippen LogP contribution in [0.25, 0.3) is 22.3 Å². The van der Waals surface area contributed by atoms with Crippen molar-refractivity contribution in [2.45, 2.75) is 103 Å². The minimum atomic E-state index is -0.813. The van der Waals surface area contributed by atoms with E-state index in [1.165, 1.54) is 32.1 Å². The van der Waals surface area contributed by atoms with E-state index in [4.69, 9.17) is 4.74 Å². The molecule has 1 saturated heterocycles. The highest BCUT2D eigenvalue weighted by Gasteiger charge is 2.23. The van der Waals surface area contributed by atoms with Crippen LogP contribution in [-0.4, -0.2) is 6.61 Å². The molecule has 1 heterocycles. The molecule has 2 atom stereocenters. The van der Waals surface area contributed by atoms with Gasteiger partial charge >= 0.3 is 0 Å². The summed E-state index contributed by atoms with van der Waals surface area (Å²) in [4.78, 5) is 0.